The van der Waals surface area contributed by atoms with Gasteiger partial charge in [-0.15, -0.1) is 0 Å². The molecule has 2 rings (SSSR count). The average Bonchev–Trinajstić information content (AvgIpc) is 2.16. The van der Waals surface area contributed by atoms with E-state index in [-0.39, 0.29) is 5.56 Å². The standard InChI is InChI=1S/C12H12N2O/c1-8(2)7-11-13-10-6-4-3-5-9(10)12(15)14-11/h3-7H,1-2H3,(H,13,14,15). The highest BCUT2D eigenvalue weighted by atomic mass is 16.1. The Morgan fingerprint density at radius 3 is 2.80 bits per heavy atom. The summed E-state index contributed by atoms with van der Waals surface area (Å²) in [5.41, 5.74) is 1.75. The highest BCUT2D eigenvalue weighted by molar-refractivity contribution is 5.77. The summed E-state index contributed by atoms with van der Waals surface area (Å²) in [5.74, 6) is 0.610. The zero-order valence-electron chi connectivity index (χ0n) is 8.74. The lowest BCUT2D eigenvalue weighted by molar-refractivity contribution is 1.13. The van der Waals surface area contributed by atoms with Gasteiger partial charge >= 0.3 is 0 Å². The summed E-state index contributed by atoms with van der Waals surface area (Å²) in [7, 11) is 0. The van der Waals surface area contributed by atoms with Crippen LogP contribution in [0.4, 0.5) is 0 Å². The normalized spacial score (nSPS) is 10.3. The number of nitrogens with one attached hydrogen (secondary N) is 1. The largest absolute Gasteiger partial charge is 0.306 e. The second kappa shape index (κ2) is 3.69. The molecule has 0 atom stereocenters. The number of hydrogen-bond acceptors (Lipinski definition) is 2. The van der Waals surface area contributed by atoms with Crippen LogP contribution in [0, 0.1) is 0 Å². The molecular formula is C12H12N2O. The smallest absolute Gasteiger partial charge is 0.259 e. The Balaban J connectivity index is 2.73. The van der Waals surface area contributed by atoms with Crippen LogP contribution in [-0.2, 0) is 0 Å². The van der Waals surface area contributed by atoms with Gasteiger partial charge in [0.05, 0.1) is 10.9 Å². The van der Waals surface area contributed by atoms with E-state index in [0.717, 1.165) is 11.1 Å². The van der Waals surface area contributed by atoms with Crippen molar-refractivity contribution in [3.8, 4) is 0 Å². The summed E-state index contributed by atoms with van der Waals surface area (Å²) in [6, 6.07) is 7.32. The van der Waals surface area contributed by atoms with Crippen molar-refractivity contribution in [3.63, 3.8) is 0 Å². The first-order chi connectivity index (χ1) is 7.16. The van der Waals surface area contributed by atoms with Gasteiger partial charge in [-0.3, -0.25) is 4.79 Å². The second-order valence-electron chi connectivity index (χ2n) is 3.69. The minimum atomic E-state index is -0.0897. The fraction of sp³-hybridized carbons (Fsp3) is 0.167. The van der Waals surface area contributed by atoms with Crippen molar-refractivity contribution in [1.29, 1.82) is 0 Å². The Kier molecular flexibility index (Phi) is 2.37. The number of para-hydroxylation sites is 1. The molecule has 0 aliphatic carbocycles. The number of rotatable bonds is 1. The molecule has 2 aromatic rings. The van der Waals surface area contributed by atoms with E-state index in [9.17, 15) is 4.79 Å². The molecule has 0 spiro atoms. The maximum atomic E-state index is 11.7. The minimum Gasteiger partial charge on any atom is -0.306 e. The van der Waals surface area contributed by atoms with Gasteiger partial charge in [-0.1, -0.05) is 17.7 Å². The predicted octanol–water partition coefficient (Wildman–Crippen LogP) is 2.35. The third kappa shape index (κ3) is 1.96. The zero-order valence-corrected chi connectivity index (χ0v) is 8.74. The molecule has 0 aliphatic rings. The van der Waals surface area contributed by atoms with Crippen LogP contribution in [0.25, 0.3) is 17.0 Å². The van der Waals surface area contributed by atoms with Gasteiger partial charge in [-0.2, -0.15) is 0 Å². The average molecular weight is 200 g/mol. The quantitative estimate of drug-likeness (QED) is 0.768. The highest BCUT2D eigenvalue weighted by Crippen LogP contribution is 2.07. The molecule has 15 heavy (non-hydrogen) atoms. The summed E-state index contributed by atoms with van der Waals surface area (Å²) in [5, 5.41) is 0.628. The van der Waals surface area contributed by atoms with Crippen LogP contribution in [-0.4, -0.2) is 9.97 Å². The van der Waals surface area contributed by atoms with Gasteiger partial charge in [-0.25, -0.2) is 4.98 Å². The summed E-state index contributed by atoms with van der Waals surface area (Å²) < 4.78 is 0. The number of nitrogens with zero attached hydrogens (tertiary/aromatic N) is 1. The van der Waals surface area contributed by atoms with Crippen molar-refractivity contribution in [2.75, 3.05) is 0 Å². The molecule has 3 nitrogen and oxygen atoms in total. The Hall–Kier alpha value is -1.90. The Morgan fingerprint density at radius 1 is 1.33 bits per heavy atom. The van der Waals surface area contributed by atoms with Gasteiger partial charge in [0, 0.05) is 0 Å². The molecule has 3 heteroatoms. The number of hydrogen-bond donors (Lipinski definition) is 1. The SMILES string of the molecule is CC(C)=Cc1nc2ccccc2c(=O)[nH]1. The first-order valence-corrected chi connectivity index (χ1v) is 4.81. The van der Waals surface area contributed by atoms with E-state index in [2.05, 4.69) is 9.97 Å². The third-order valence-corrected chi connectivity index (χ3v) is 2.06. The summed E-state index contributed by atoms with van der Waals surface area (Å²) in [6.07, 6.45) is 1.86. The molecule has 0 aliphatic heterocycles. The van der Waals surface area contributed by atoms with Crippen molar-refractivity contribution in [1.82, 2.24) is 9.97 Å². The monoisotopic (exact) mass is 200 g/mol. The molecule has 0 radical (unpaired) electrons. The van der Waals surface area contributed by atoms with Crippen LogP contribution < -0.4 is 5.56 Å². The van der Waals surface area contributed by atoms with Crippen molar-refractivity contribution in [2.24, 2.45) is 0 Å². The first kappa shape index (κ1) is 9.65. The Labute approximate surface area is 87.5 Å². The highest BCUT2D eigenvalue weighted by Gasteiger charge is 2.00. The molecule has 0 bridgehead atoms. The predicted molar refractivity (Wildman–Crippen MR) is 61.7 cm³/mol. The van der Waals surface area contributed by atoms with Crippen LogP contribution in [0.15, 0.2) is 34.6 Å². The summed E-state index contributed by atoms with van der Waals surface area (Å²) >= 11 is 0. The topological polar surface area (TPSA) is 45.8 Å². The molecule has 1 heterocycles. The van der Waals surface area contributed by atoms with E-state index in [0.29, 0.717) is 11.2 Å². The maximum absolute atomic E-state index is 11.7. The number of H-pyrrole nitrogens is 1. The van der Waals surface area contributed by atoms with Gasteiger partial charge in [-0.05, 0) is 32.1 Å². The van der Waals surface area contributed by atoms with Gasteiger partial charge in [0.15, 0.2) is 0 Å². The lowest BCUT2D eigenvalue weighted by Crippen LogP contribution is -2.09. The van der Waals surface area contributed by atoms with Gasteiger partial charge in [0.1, 0.15) is 5.82 Å². The molecule has 0 amide bonds. The first-order valence-electron chi connectivity index (χ1n) is 4.81. The molecule has 0 saturated heterocycles. The van der Waals surface area contributed by atoms with E-state index in [1.807, 2.05) is 38.1 Å². The summed E-state index contributed by atoms with van der Waals surface area (Å²) in [4.78, 5) is 18.7. The van der Waals surface area contributed by atoms with E-state index < -0.39 is 0 Å². The van der Waals surface area contributed by atoms with Crippen LogP contribution in [0.5, 0.6) is 0 Å². The zero-order chi connectivity index (χ0) is 10.8. The fourth-order valence-electron chi connectivity index (χ4n) is 1.45. The Bertz CT molecular complexity index is 577. The minimum absolute atomic E-state index is 0.0897. The fourth-order valence-corrected chi connectivity index (χ4v) is 1.45. The van der Waals surface area contributed by atoms with E-state index >= 15 is 0 Å². The third-order valence-electron chi connectivity index (χ3n) is 2.06. The Morgan fingerprint density at radius 2 is 2.07 bits per heavy atom. The molecule has 1 N–H and O–H groups in total. The van der Waals surface area contributed by atoms with Crippen LogP contribution in [0.2, 0.25) is 0 Å². The number of aromatic amines is 1. The van der Waals surface area contributed by atoms with Gasteiger partial charge in [0.2, 0.25) is 0 Å². The molecule has 1 aromatic heterocycles. The van der Waals surface area contributed by atoms with E-state index in [1.165, 1.54) is 0 Å². The maximum Gasteiger partial charge on any atom is 0.259 e. The molecule has 0 saturated carbocycles. The molecule has 76 valence electrons. The summed E-state index contributed by atoms with van der Waals surface area (Å²) in [6.45, 7) is 3.93. The van der Waals surface area contributed by atoms with Gasteiger partial charge < -0.3 is 4.98 Å². The van der Waals surface area contributed by atoms with Gasteiger partial charge in [0.25, 0.3) is 5.56 Å². The molecule has 1 aromatic carbocycles. The van der Waals surface area contributed by atoms with Crippen LogP contribution >= 0.6 is 0 Å². The van der Waals surface area contributed by atoms with E-state index in [1.54, 1.807) is 6.07 Å². The van der Waals surface area contributed by atoms with Crippen molar-refractivity contribution < 1.29 is 0 Å². The van der Waals surface area contributed by atoms with Crippen LogP contribution in [0.3, 0.4) is 0 Å². The van der Waals surface area contributed by atoms with Crippen molar-refractivity contribution >= 4 is 17.0 Å². The second-order valence-corrected chi connectivity index (χ2v) is 3.69. The van der Waals surface area contributed by atoms with Crippen LogP contribution in [0.1, 0.15) is 19.7 Å². The van der Waals surface area contributed by atoms with Crippen molar-refractivity contribution in [2.45, 2.75) is 13.8 Å². The lowest BCUT2D eigenvalue weighted by atomic mass is 10.2. The molecule has 0 fully saturated rings. The number of aromatic nitrogens is 2. The molecule has 0 unspecified atom stereocenters. The number of fused-ring (bicyclic) bond motifs is 1. The van der Waals surface area contributed by atoms with E-state index in [4.69, 9.17) is 0 Å². The number of benzene rings is 1. The lowest BCUT2D eigenvalue weighted by Gasteiger charge is -1.98. The molecular weight excluding hydrogens is 188 g/mol. The number of allylic oxidation sites excluding steroid dienone is 1. The van der Waals surface area contributed by atoms with Crippen molar-refractivity contribution in [3.05, 3.63) is 46.0 Å².